The first-order chi connectivity index (χ1) is 12.2. The monoisotopic (exact) mass is 403 g/mol. The number of hydrogen-bond donors (Lipinski definition) is 3. The van der Waals surface area contributed by atoms with Crippen LogP contribution in [0.15, 0.2) is 58.1 Å². The predicted octanol–water partition coefficient (Wildman–Crippen LogP) is 2.58. The van der Waals surface area contributed by atoms with Crippen LogP contribution in [0.1, 0.15) is 12.1 Å². The van der Waals surface area contributed by atoms with Crippen molar-refractivity contribution < 1.29 is 4.79 Å². The van der Waals surface area contributed by atoms with Gasteiger partial charge in [-0.1, -0.05) is 22.0 Å². The molecule has 0 aliphatic rings. The zero-order valence-electron chi connectivity index (χ0n) is 14.1. The van der Waals surface area contributed by atoms with Crippen LogP contribution in [0, 0.1) is 0 Å². The highest BCUT2D eigenvalue weighted by Gasteiger charge is 2.04. The quantitative estimate of drug-likeness (QED) is 0.490. The molecule has 0 bridgehead atoms. The Kier molecular flexibility index (Phi) is 7.91. The number of aliphatic imine (C=N–C) groups is 1. The van der Waals surface area contributed by atoms with E-state index in [1.54, 1.807) is 13.2 Å². The summed E-state index contributed by atoms with van der Waals surface area (Å²) >= 11 is 3.37. The van der Waals surface area contributed by atoms with Crippen LogP contribution in [-0.2, 0) is 11.2 Å². The number of benzene rings is 1. The summed E-state index contributed by atoms with van der Waals surface area (Å²) in [5, 5.41) is 9.20. The van der Waals surface area contributed by atoms with Crippen molar-refractivity contribution in [2.24, 2.45) is 4.99 Å². The zero-order valence-corrected chi connectivity index (χ0v) is 15.7. The van der Waals surface area contributed by atoms with Crippen LogP contribution >= 0.6 is 15.9 Å². The van der Waals surface area contributed by atoms with Gasteiger partial charge in [0, 0.05) is 55.0 Å². The number of carbonyl (C=O) groups is 1. The third kappa shape index (κ3) is 7.34. The molecule has 7 heteroatoms. The number of halogens is 1. The number of anilines is 1. The number of amides is 1. The molecule has 0 spiro atoms. The van der Waals surface area contributed by atoms with Crippen molar-refractivity contribution >= 4 is 33.5 Å². The molecule has 2 aromatic rings. The summed E-state index contributed by atoms with van der Waals surface area (Å²) in [5.41, 5.74) is 1.81. The number of pyridine rings is 1. The standard InChI is InChI=1S/C18H22BrN5O/c1-20-18(22-12-9-15-4-2-3-11-21-15)23-13-10-17(25)24-16-7-5-14(19)6-8-16/h2-8,11H,9-10,12-13H2,1H3,(H,24,25)(H2,20,22,23). The van der Waals surface area contributed by atoms with E-state index in [0.717, 1.165) is 28.8 Å². The van der Waals surface area contributed by atoms with E-state index in [9.17, 15) is 4.79 Å². The molecule has 6 nitrogen and oxygen atoms in total. The Morgan fingerprint density at radius 1 is 1.12 bits per heavy atom. The molecule has 0 saturated heterocycles. The van der Waals surface area contributed by atoms with Gasteiger partial charge in [0.15, 0.2) is 5.96 Å². The average molecular weight is 404 g/mol. The topological polar surface area (TPSA) is 78.4 Å². The van der Waals surface area contributed by atoms with Gasteiger partial charge < -0.3 is 16.0 Å². The summed E-state index contributed by atoms with van der Waals surface area (Å²) in [6, 6.07) is 13.4. The lowest BCUT2D eigenvalue weighted by Gasteiger charge is -2.11. The second-order valence-electron chi connectivity index (χ2n) is 5.30. The predicted molar refractivity (Wildman–Crippen MR) is 105 cm³/mol. The summed E-state index contributed by atoms with van der Waals surface area (Å²) in [7, 11) is 1.71. The van der Waals surface area contributed by atoms with E-state index in [-0.39, 0.29) is 5.91 Å². The Morgan fingerprint density at radius 2 is 1.88 bits per heavy atom. The highest BCUT2D eigenvalue weighted by molar-refractivity contribution is 9.10. The van der Waals surface area contributed by atoms with Crippen molar-refractivity contribution in [3.63, 3.8) is 0 Å². The molecule has 1 aromatic carbocycles. The fourth-order valence-corrected chi connectivity index (χ4v) is 2.39. The molecule has 0 aliphatic heterocycles. The number of nitrogens with zero attached hydrogens (tertiary/aromatic N) is 2. The van der Waals surface area contributed by atoms with Crippen molar-refractivity contribution in [3.8, 4) is 0 Å². The van der Waals surface area contributed by atoms with Crippen LogP contribution < -0.4 is 16.0 Å². The molecule has 0 atom stereocenters. The molecule has 1 aromatic heterocycles. The first kappa shape index (κ1) is 18.9. The van der Waals surface area contributed by atoms with Crippen molar-refractivity contribution in [2.75, 3.05) is 25.5 Å². The van der Waals surface area contributed by atoms with E-state index in [4.69, 9.17) is 0 Å². The van der Waals surface area contributed by atoms with Crippen LogP contribution in [-0.4, -0.2) is 37.0 Å². The molecule has 0 saturated carbocycles. The van der Waals surface area contributed by atoms with Crippen LogP contribution in [0.4, 0.5) is 5.69 Å². The molecule has 0 radical (unpaired) electrons. The van der Waals surface area contributed by atoms with Gasteiger partial charge >= 0.3 is 0 Å². The fraction of sp³-hybridized carbons (Fsp3) is 0.278. The van der Waals surface area contributed by atoms with Gasteiger partial charge in [0.05, 0.1) is 0 Å². The van der Waals surface area contributed by atoms with E-state index in [1.165, 1.54) is 0 Å². The molecule has 25 heavy (non-hydrogen) atoms. The Labute approximate surface area is 156 Å². The number of carbonyl (C=O) groups excluding carboxylic acids is 1. The lowest BCUT2D eigenvalue weighted by Crippen LogP contribution is -2.39. The molecular weight excluding hydrogens is 382 g/mol. The van der Waals surface area contributed by atoms with Gasteiger partial charge in [0.2, 0.25) is 5.91 Å². The average Bonchev–Trinajstić information content (AvgIpc) is 2.63. The van der Waals surface area contributed by atoms with Crippen molar-refractivity contribution in [2.45, 2.75) is 12.8 Å². The molecule has 2 rings (SSSR count). The van der Waals surface area contributed by atoms with Gasteiger partial charge in [0.1, 0.15) is 0 Å². The molecule has 3 N–H and O–H groups in total. The molecule has 0 fully saturated rings. The maximum Gasteiger partial charge on any atom is 0.226 e. The lowest BCUT2D eigenvalue weighted by molar-refractivity contribution is -0.116. The van der Waals surface area contributed by atoms with Gasteiger partial charge in [-0.3, -0.25) is 14.8 Å². The maximum absolute atomic E-state index is 11.9. The Hall–Kier alpha value is -2.41. The van der Waals surface area contributed by atoms with Crippen molar-refractivity contribution in [1.29, 1.82) is 0 Å². The molecular formula is C18H22BrN5O. The second-order valence-corrected chi connectivity index (χ2v) is 6.22. The number of hydrogen-bond acceptors (Lipinski definition) is 3. The molecule has 132 valence electrons. The SMILES string of the molecule is CN=C(NCCC(=O)Nc1ccc(Br)cc1)NCCc1ccccn1. The first-order valence-electron chi connectivity index (χ1n) is 8.07. The highest BCUT2D eigenvalue weighted by Crippen LogP contribution is 2.14. The van der Waals surface area contributed by atoms with Crippen LogP contribution in [0.25, 0.3) is 0 Å². The third-order valence-corrected chi connectivity index (χ3v) is 3.92. The minimum atomic E-state index is -0.0428. The summed E-state index contributed by atoms with van der Waals surface area (Å²) in [6.45, 7) is 1.23. The van der Waals surface area contributed by atoms with Crippen molar-refractivity contribution in [1.82, 2.24) is 15.6 Å². The molecule has 1 heterocycles. The summed E-state index contributed by atoms with van der Waals surface area (Å²) in [4.78, 5) is 20.4. The summed E-state index contributed by atoms with van der Waals surface area (Å²) in [5.74, 6) is 0.631. The molecule has 0 unspecified atom stereocenters. The van der Waals surface area contributed by atoms with E-state index in [2.05, 4.69) is 41.9 Å². The Balaban J connectivity index is 1.64. The van der Waals surface area contributed by atoms with Gasteiger partial charge in [-0.05, 0) is 36.4 Å². The number of nitrogens with one attached hydrogen (secondary N) is 3. The maximum atomic E-state index is 11.9. The summed E-state index contributed by atoms with van der Waals surface area (Å²) in [6.07, 6.45) is 2.95. The fourth-order valence-electron chi connectivity index (χ4n) is 2.13. The Morgan fingerprint density at radius 3 is 2.56 bits per heavy atom. The van der Waals surface area contributed by atoms with Gasteiger partial charge in [0.25, 0.3) is 0 Å². The van der Waals surface area contributed by atoms with Crippen LogP contribution in [0.2, 0.25) is 0 Å². The van der Waals surface area contributed by atoms with Gasteiger partial charge in [-0.25, -0.2) is 0 Å². The van der Waals surface area contributed by atoms with E-state index in [1.807, 2.05) is 42.5 Å². The van der Waals surface area contributed by atoms with E-state index >= 15 is 0 Å². The van der Waals surface area contributed by atoms with E-state index < -0.39 is 0 Å². The highest BCUT2D eigenvalue weighted by atomic mass is 79.9. The minimum absolute atomic E-state index is 0.0428. The van der Waals surface area contributed by atoms with Crippen LogP contribution in [0.5, 0.6) is 0 Å². The van der Waals surface area contributed by atoms with Crippen molar-refractivity contribution in [3.05, 3.63) is 58.8 Å². The van der Waals surface area contributed by atoms with Gasteiger partial charge in [-0.2, -0.15) is 0 Å². The number of guanidine groups is 1. The Bertz CT molecular complexity index is 688. The minimum Gasteiger partial charge on any atom is -0.356 e. The lowest BCUT2D eigenvalue weighted by atomic mass is 10.3. The normalized spacial score (nSPS) is 11.0. The largest absolute Gasteiger partial charge is 0.356 e. The number of rotatable bonds is 7. The van der Waals surface area contributed by atoms with E-state index in [0.29, 0.717) is 18.9 Å². The zero-order chi connectivity index (χ0) is 17.9. The smallest absolute Gasteiger partial charge is 0.226 e. The second kappa shape index (κ2) is 10.5. The van der Waals surface area contributed by atoms with Crippen LogP contribution in [0.3, 0.4) is 0 Å². The third-order valence-electron chi connectivity index (χ3n) is 3.40. The molecule has 1 amide bonds. The number of aromatic nitrogens is 1. The first-order valence-corrected chi connectivity index (χ1v) is 8.86. The summed E-state index contributed by atoms with van der Waals surface area (Å²) < 4.78 is 0.979. The van der Waals surface area contributed by atoms with Gasteiger partial charge in [-0.15, -0.1) is 0 Å². The molecule has 0 aliphatic carbocycles.